The number of fused-ring (bicyclic) bond motifs is 1. The number of rotatable bonds is 3. The van der Waals surface area contributed by atoms with Crippen molar-refractivity contribution in [1.82, 2.24) is 3.97 Å². The molecule has 2 aliphatic rings. The predicted molar refractivity (Wildman–Crippen MR) is 131 cm³/mol. The molecular weight excluding hydrogens is 416 g/mol. The molecule has 0 aliphatic heterocycles. The second kappa shape index (κ2) is 6.69. The SMILES string of the molecule is C=C[C@@]1(C)CCC2=C(c3cn(S(=O)(=O)c4ccc(C)cc4)c4cccc(c34)C2(C)C)[C@H]1N. The molecule has 4 nitrogen and oxygen atoms in total. The van der Waals surface area contributed by atoms with E-state index in [0.29, 0.717) is 5.52 Å². The Kier molecular flexibility index (Phi) is 4.44. The Balaban J connectivity index is 1.84. The number of benzene rings is 2. The molecule has 2 atom stereocenters. The van der Waals surface area contributed by atoms with Crippen LogP contribution in [0, 0.1) is 12.3 Å². The Bertz CT molecular complexity index is 1410. The third-order valence-corrected chi connectivity index (χ3v) is 9.51. The maximum Gasteiger partial charge on any atom is 0.268 e. The summed E-state index contributed by atoms with van der Waals surface area (Å²) in [6.07, 6.45) is 5.62. The standard InChI is InChI=1S/C27H30N2O2S/c1-6-27(5)15-14-21-24(25(27)28)19-16-29(32(30,31)18-12-10-17(2)11-13-18)22-9-7-8-20(23(19)22)26(21,3)4/h6-13,16,25H,1,14-15,28H2,2-5H3/t25-,27+/m1/s1. The molecule has 5 heteroatoms. The highest BCUT2D eigenvalue weighted by atomic mass is 32.2. The van der Waals surface area contributed by atoms with E-state index in [1.807, 2.05) is 37.3 Å². The highest BCUT2D eigenvalue weighted by molar-refractivity contribution is 7.90. The molecule has 0 radical (unpaired) electrons. The van der Waals surface area contributed by atoms with Gasteiger partial charge in [-0.1, -0.05) is 62.2 Å². The van der Waals surface area contributed by atoms with Crippen molar-refractivity contribution >= 4 is 26.5 Å². The summed E-state index contributed by atoms with van der Waals surface area (Å²) in [5.74, 6) is 0. The minimum Gasteiger partial charge on any atom is -0.323 e. The first-order chi connectivity index (χ1) is 15.0. The van der Waals surface area contributed by atoms with Gasteiger partial charge in [0.2, 0.25) is 0 Å². The van der Waals surface area contributed by atoms with Crippen molar-refractivity contribution in [3.05, 3.63) is 83.6 Å². The fourth-order valence-electron chi connectivity index (χ4n) is 5.58. The van der Waals surface area contributed by atoms with Crippen LogP contribution in [0.3, 0.4) is 0 Å². The van der Waals surface area contributed by atoms with Crippen LogP contribution in [0.5, 0.6) is 0 Å². The maximum atomic E-state index is 13.7. The van der Waals surface area contributed by atoms with Crippen LogP contribution < -0.4 is 5.73 Å². The molecule has 0 spiro atoms. The second-order valence-corrected chi connectivity index (χ2v) is 11.9. The highest BCUT2D eigenvalue weighted by Crippen LogP contribution is 2.55. The lowest BCUT2D eigenvalue weighted by atomic mass is 9.59. The Hall–Kier alpha value is -2.63. The maximum absolute atomic E-state index is 13.7. The number of aromatic nitrogens is 1. The zero-order valence-electron chi connectivity index (χ0n) is 19.1. The summed E-state index contributed by atoms with van der Waals surface area (Å²) in [4.78, 5) is 0.286. The van der Waals surface area contributed by atoms with E-state index in [2.05, 4.69) is 33.4 Å². The van der Waals surface area contributed by atoms with E-state index >= 15 is 0 Å². The third-order valence-electron chi connectivity index (χ3n) is 7.82. The van der Waals surface area contributed by atoms with Gasteiger partial charge in [-0.05, 0) is 49.1 Å². The average molecular weight is 447 g/mol. The number of hydrogen-bond acceptors (Lipinski definition) is 3. The van der Waals surface area contributed by atoms with Crippen molar-refractivity contribution in [3.63, 3.8) is 0 Å². The van der Waals surface area contributed by atoms with Crippen molar-refractivity contribution in [2.45, 2.75) is 56.9 Å². The van der Waals surface area contributed by atoms with E-state index in [1.54, 1.807) is 18.3 Å². The van der Waals surface area contributed by atoms with Gasteiger partial charge >= 0.3 is 0 Å². The van der Waals surface area contributed by atoms with Gasteiger partial charge in [-0.2, -0.15) is 0 Å². The van der Waals surface area contributed by atoms with Crippen molar-refractivity contribution in [2.75, 3.05) is 0 Å². The van der Waals surface area contributed by atoms with Gasteiger partial charge in [0.25, 0.3) is 10.0 Å². The largest absolute Gasteiger partial charge is 0.323 e. The summed E-state index contributed by atoms with van der Waals surface area (Å²) >= 11 is 0. The summed E-state index contributed by atoms with van der Waals surface area (Å²) in [6.45, 7) is 12.6. The molecule has 0 unspecified atom stereocenters. The van der Waals surface area contributed by atoms with Gasteiger partial charge < -0.3 is 5.73 Å². The first-order valence-electron chi connectivity index (χ1n) is 11.1. The molecule has 0 saturated carbocycles. The minimum atomic E-state index is -3.75. The van der Waals surface area contributed by atoms with Crippen LogP contribution in [0.1, 0.15) is 50.3 Å². The lowest BCUT2D eigenvalue weighted by Crippen LogP contribution is -2.45. The molecule has 2 aliphatic carbocycles. The Morgan fingerprint density at radius 1 is 1.12 bits per heavy atom. The van der Waals surface area contributed by atoms with E-state index in [4.69, 9.17) is 5.73 Å². The van der Waals surface area contributed by atoms with Gasteiger partial charge in [0.15, 0.2) is 0 Å². The van der Waals surface area contributed by atoms with Crippen LogP contribution in [-0.4, -0.2) is 18.4 Å². The molecule has 0 bridgehead atoms. The molecule has 1 heterocycles. The molecular formula is C27H30N2O2S. The van der Waals surface area contributed by atoms with Crippen molar-refractivity contribution < 1.29 is 8.42 Å². The van der Waals surface area contributed by atoms with E-state index in [1.165, 1.54) is 9.55 Å². The first-order valence-corrected chi connectivity index (χ1v) is 12.6. The summed E-state index contributed by atoms with van der Waals surface area (Å²) < 4.78 is 28.9. The number of allylic oxidation sites excluding steroid dienone is 1. The molecule has 32 heavy (non-hydrogen) atoms. The molecule has 0 amide bonds. The lowest BCUT2D eigenvalue weighted by molar-refractivity contribution is 0.329. The Morgan fingerprint density at radius 3 is 2.47 bits per heavy atom. The smallest absolute Gasteiger partial charge is 0.268 e. The minimum absolute atomic E-state index is 0.220. The van der Waals surface area contributed by atoms with Gasteiger partial charge in [0.1, 0.15) is 0 Å². The van der Waals surface area contributed by atoms with Crippen LogP contribution in [-0.2, 0) is 15.4 Å². The van der Waals surface area contributed by atoms with Crippen molar-refractivity contribution in [1.29, 1.82) is 0 Å². The van der Waals surface area contributed by atoms with Crippen LogP contribution in [0.15, 0.2) is 71.8 Å². The zero-order chi connectivity index (χ0) is 23.1. The van der Waals surface area contributed by atoms with E-state index in [-0.39, 0.29) is 21.8 Å². The molecule has 3 aromatic rings. The molecule has 2 aromatic carbocycles. The Labute approximate surface area is 190 Å². The topological polar surface area (TPSA) is 65.1 Å². The number of aryl methyl sites for hydroxylation is 1. The molecule has 0 saturated heterocycles. The van der Waals surface area contributed by atoms with Crippen molar-refractivity contribution in [2.24, 2.45) is 11.1 Å². The zero-order valence-corrected chi connectivity index (χ0v) is 20.0. The molecule has 2 N–H and O–H groups in total. The van der Waals surface area contributed by atoms with Crippen LogP contribution in [0.4, 0.5) is 0 Å². The monoisotopic (exact) mass is 446 g/mol. The highest BCUT2D eigenvalue weighted by Gasteiger charge is 2.46. The second-order valence-electron chi connectivity index (χ2n) is 10.1. The summed E-state index contributed by atoms with van der Waals surface area (Å²) in [6, 6.07) is 12.8. The molecule has 1 aromatic heterocycles. The summed E-state index contributed by atoms with van der Waals surface area (Å²) in [7, 11) is -3.75. The summed E-state index contributed by atoms with van der Waals surface area (Å²) in [5.41, 5.74) is 12.7. The average Bonchev–Trinajstić information content (AvgIpc) is 3.15. The normalized spacial score (nSPS) is 24.5. The van der Waals surface area contributed by atoms with Gasteiger partial charge in [-0.25, -0.2) is 12.4 Å². The predicted octanol–water partition coefficient (Wildman–Crippen LogP) is 5.54. The lowest BCUT2D eigenvalue weighted by Gasteiger charge is -2.46. The third kappa shape index (κ3) is 2.67. The molecule has 5 rings (SSSR count). The van der Waals surface area contributed by atoms with Gasteiger partial charge in [0.05, 0.1) is 10.4 Å². The van der Waals surface area contributed by atoms with Gasteiger partial charge in [-0.15, -0.1) is 6.58 Å². The fourth-order valence-corrected chi connectivity index (χ4v) is 6.94. The van der Waals surface area contributed by atoms with Crippen LogP contribution >= 0.6 is 0 Å². The van der Waals surface area contributed by atoms with Gasteiger partial charge in [0, 0.05) is 34.0 Å². The number of hydrogen-bond donors (Lipinski definition) is 1. The van der Waals surface area contributed by atoms with E-state index < -0.39 is 10.0 Å². The molecule has 166 valence electrons. The summed E-state index contributed by atoms with van der Waals surface area (Å²) in [5, 5.41) is 0.996. The number of nitrogens with two attached hydrogens (primary N) is 1. The van der Waals surface area contributed by atoms with Gasteiger partial charge in [-0.3, -0.25) is 0 Å². The quantitative estimate of drug-likeness (QED) is 0.537. The Morgan fingerprint density at radius 2 is 1.81 bits per heavy atom. The van der Waals surface area contributed by atoms with Crippen molar-refractivity contribution in [3.8, 4) is 0 Å². The fraction of sp³-hybridized carbons (Fsp3) is 0.333. The molecule has 0 fully saturated rings. The van der Waals surface area contributed by atoms with E-state index in [9.17, 15) is 8.42 Å². The first kappa shape index (κ1) is 21.2. The van der Waals surface area contributed by atoms with E-state index in [0.717, 1.165) is 40.5 Å². The van der Waals surface area contributed by atoms with Crippen LogP contribution in [0.2, 0.25) is 0 Å². The number of nitrogens with zero attached hydrogens (tertiary/aromatic N) is 1. The van der Waals surface area contributed by atoms with Crippen LogP contribution in [0.25, 0.3) is 16.5 Å².